The number of hydrogen-bond donors (Lipinski definition) is 8. The van der Waals surface area contributed by atoms with Gasteiger partial charge in [0.25, 0.3) is 0 Å². The third-order valence-electron chi connectivity index (χ3n) is 5.30. The molecular formula is C23H34N4O9S. The van der Waals surface area contributed by atoms with Gasteiger partial charge in [0, 0.05) is 12.8 Å². The van der Waals surface area contributed by atoms with Crippen LogP contribution in [0.2, 0.25) is 0 Å². The number of thioether (sulfide) groups is 1. The van der Waals surface area contributed by atoms with Gasteiger partial charge in [-0.15, -0.1) is 0 Å². The van der Waals surface area contributed by atoms with E-state index in [1.807, 2.05) is 6.26 Å². The molecule has 0 aliphatic heterocycles. The maximum Gasteiger partial charge on any atom is 0.326 e. The zero-order chi connectivity index (χ0) is 28.1. The molecule has 1 aromatic rings. The van der Waals surface area contributed by atoms with Crippen molar-refractivity contribution in [2.45, 2.75) is 62.9 Å². The van der Waals surface area contributed by atoms with Crippen LogP contribution in [-0.4, -0.2) is 92.4 Å². The van der Waals surface area contributed by atoms with Gasteiger partial charge in [0.05, 0.1) is 12.1 Å². The summed E-state index contributed by atoms with van der Waals surface area (Å²) in [4.78, 5) is 60.8. The smallest absolute Gasteiger partial charge is 0.326 e. The van der Waals surface area contributed by atoms with Crippen LogP contribution in [0.15, 0.2) is 24.3 Å². The Morgan fingerprint density at radius 3 is 2.03 bits per heavy atom. The number of rotatable bonds is 16. The van der Waals surface area contributed by atoms with Gasteiger partial charge in [0.2, 0.25) is 17.7 Å². The van der Waals surface area contributed by atoms with E-state index in [2.05, 4.69) is 16.0 Å². The molecule has 5 unspecified atom stereocenters. The van der Waals surface area contributed by atoms with E-state index >= 15 is 0 Å². The molecule has 13 nitrogen and oxygen atoms in total. The first-order valence-electron chi connectivity index (χ1n) is 11.4. The van der Waals surface area contributed by atoms with Gasteiger partial charge in [-0.25, -0.2) is 4.79 Å². The fraction of sp³-hybridized carbons (Fsp3) is 0.522. The molecule has 0 aromatic heterocycles. The number of nitrogens with two attached hydrogens (primary N) is 1. The minimum Gasteiger partial charge on any atom is -0.508 e. The van der Waals surface area contributed by atoms with E-state index < -0.39 is 72.8 Å². The van der Waals surface area contributed by atoms with Crippen molar-refractivity contribution in [1.29, 1.82) is 0 Å². The van der Waals surface area contributed by atoms with E-state index in [1.165, 1.54) is 43.0 Å². The lowest BCUT2D eigenvalue weighted by atomic mass is 10.0. The Hall–Kier alpha value is -3.36. The highest BCUT2D eigenvalue weighted by molar-refractivity contribution is 7.98. The van der Waals surface area contributed by atoms with E-state index in [4.69, 9.17) is 10.8 Å². The normalized spacial score (nSPS) is 14.9. The van der Waals surface area contributed by atoms with Crippen LogP contribution in [0.25, 0.3) is 0 Å². The van der Waals surface area contributed by atoms with Gasteiger partial charge < -0.3 is 42.1 Å². The number of carboxylic acids is 2. The SMILES string of the molecule is CSCCC(N)C(=O)NC(C(=O)NC(Cc1ccc(O)cc1)C(=O)NC(CCC(=O)O)C(=O)O)C(C)O. The van der Waals surface area contributed by atoms with Crippen LogP contribution >= 0.6 is 11.8 Å². The van der Waals surface area contributed by atoms with E-state index in [-0.39, 0.29) is 12.2 Å². The Morgan fingerprint density at radius 1 is 0.919 bits per heavy atom. The lowest BCUT2D eigenvalue weighted by Crippen LogP contribution is -2.60. The Balaban J connectivity index is 3.11. The van der Waals surface area contributed by atoms with Gasteiger partial charge in [-0.2, -0.15) is 11.8 Å². The highest BCUT2D eigenvalue weighted by Gasteiger charge is 2.32. The minimum atomic E-state index is -1.54. The molecule has 0 aliphatic rings. The third kappa shape index (κ3) is 11.5. The number of carbonyl (C=O) groups excluding carboxylic acids is 3. The molecule has 0 fully saturated rings. The standard InChI is InChI=1S/C23H34N4O9S/c1-12(28)19(27-20(32)15(24)9-10-37-2)22(34)26-17(11-13-3-5-14(29)6-4-13)21(33)25-16(23(35)36)7-8-18(30)31/h3-6,12,15-17,19,28-29H,7-11,24H2,1-2H3,(H,25,33)(H,26,34)(H,27,32)(H,30,31)(H,35,36). The summed E-state index contributed by atoms with van der Waals surface area (Å²) < 4.78 is 0. The van der Waals surface area contributed by atoms with Crippen molar-refractivity contribution in [3.63, 3.8) is 0 Å². The number of phenols is 1. The van der Waals surface area contributed by atoms with Crippen molar-refractivity contribution in [3.05, 3.63) is 29.8 Å². The summed E-state index contributed by atoms with van der Waals surface area (Å²) in [5.74, 6) is -4.67. The van der Waals surface area contributed by atoms with Crippen LogP contribution in [-0.2, 0) is 30.4 Å². The summed E-state index contributed by atoms with van der Waals surface area (Å²) in [5, 5.41) is 44.9. The molecule has 0 spiro atoms. The molecule has 1 aromatic carbocycles. The summed E-state index contributed by atoms with van der Waals surface area (Å²) in [6.45, 7) is 1.26. The monoisotopic (exact) mass is 542 g/mol. The Kier molecular flexibility index (Phi) is 13.4. The summed E-state index contributed by atoms with van der Waals surface area (Å²) in [6.07, 6.45) is -0.240. The lowest BCUT2D eigenvalue weighted by Gasteiger charge is -2.26. The van der Waals surface area contributed by atoms with Crippen molar-refractivity contribution < 1.29 is 44.4 Å². The fourth-order valence-corrected chi connectivity index (χ4v) is 3.67. The highest BCUT2D eigenvalue weighted by Crippen LogP contribution is 2.12. The first-order valence-corrected chi connectivity index (χ1v) is 12.8. The predicted octanol–water partition coefficient (Wildman–Crippen LogP) is -1.20. The first kappa shape index (κ1) is 31.7. The molecule has 0 radical (unpaired) electrons. The number of nitrogens with one attached hydrogen (secondary N) is 3. The van der Waals surface area contributed by atoms with Crippen molar-refractivity contribution >= 4 is 41.4 Å². The second-order valence-electron chi connectivity index (χ2n) is 8.38. The zero-order valence-electron chi connectivity index (χ0n) is 20.5. The second-order valence-corrected chi connectivity index (χ2v) is 9.36. The molecule has 0 bridgehead atoms. The lowest BCUT2D eigenvalue weighted by molar-refractivity contribution is -0.143. The number of aliphatic carboxylic acids is 2. The van der Waals surface area contributed by atoms with Crippen molar-refractivity contribution in [1.82, 2.24) is 16.0 Å². The quantitative estimate of drug-likeness (QED) is 0.124. The highest BCUT2D eigenvalue weighted by atomic mass is 32.2. The molecule has 1 rings (SSSR count). The third-order valence-corrected chi connectivity index (χ3v) is 5.95. The topological polar surface area (TPSA) is 228 Å². The number of aromatic hydroxyl groups is 1. The number of carboxylic acid groups (broad SMARTS) is 2. The summed E-state index contributed by atoms with van der Waals surface area (Å²) in [6, 6.07) is 0.380. The number of phenolic OH excluding ortho intramolecular Hbond substituents is 1. The molecule has 206 valence electrons. The van der Waals surface area contributed by atoms with Gasteiger partial charge >= 0.3 is 11.9 Å². The fourth-order valence-electron chi connectivity index (χ4n) is 3.18. The van der Waals surface area contributed by atoms with E-state index in [9.17, 15) is 39.3 Å². The summed E-state index contributed by atoms with van der Waals surface area (Å²) >= 11 is 1.48. The maximum atomic E-state index is 13.0. The van der Waals surface area contributed by atoms with Gasteiger partial charge in [-0.3, -0.25) is 19.2 Å². The molecule has 5 atom stereocenters. The van der Waals surface area contributed by atoms with Gasteiger partial charge in [0.1, 0.15) is 23.9 Å². The molecule has 0 saturated heterocycles. The number of benzene rings is 1. The Labute approximate surface area is 218 Å². The number of aliphatic hydroxyl groups excluding tert-OH is 1. The van der Waals surface area contributed by atoms with Gasteiger partial charge in [0.15, 0.2) is 0 Å². The molecule has 0 saturated carbocycles. The minimum absolute atomic E-state index is 0.0388. The molecule has 37 heavy (non-hydrogen) atoms. The number of hydrogen-bond acceptors (Lipinski definition) is 9. The molecule has 14 heteroatoms. The number of aliphatic hydroxyl groups is 1. The summed E-state index contributed by atoms with van der Waals surface area (Å²) in [7, 11) is 0. The first-order chi connectivity index (χ1) is 17.3. The van der Waals surface area contributed by atoms with Crippen LogP contribution in [0, 0.1) is 0 Å². The van der Waals surface area contributed by atoms with Gasteiger partial charge in [-0.05, 0) is 49.5 Å². The largest absolute Gasteiger partial charge is 0.508 e. The number of amides is 3. The van der Waals surface area contributed by atoms with E-state index in [1.54, 1.807) is 0 Å². The molecule has 3 amide bonds. The van der Waals surface area contributed by atoms with E-state index in [0.717, 1.165) is 0 Å². The van der Waals surface area contributed by atoms with Crippen LogP contribution in [0.3, 0.4) is 0 Å². The molecular weight excluding hydrogens is 508 g/mol. The van der Waals surface area contributed by atoms with Crippen molar-refractivity contribution in [2.24, 2.45) is 5.73 Å². The van der Waals surface area contributed by atoms with Crippen LogP contribution < -0.4 is 21.7 Å². The van der Waals surface area contributed by atoms with Gasteiger partial charge in [-0.1, -0.05) is 12.1 Å². The van der Waals surface area contributed by atoms with Crippen molar-refractivity contribution in [3.8, 4) is 5.75 Å². The average molecular weight is 543 g/mol. The van der Waals surface area contributed by atoms with Crippen LogP contribution in [0.4, 0.5) is 0 Å². The average Bonchev–Trinajstić information content (AvgIpc) is 2.83. The van der Waals surface area contributed by atoms with E-state index in [0.29, 0.717) is 17.7 Å². The number of carbonyl (C=O) groups is 5. The van der Waals surface area contributed by atoms with Crippen LogP contribution in [0.1, 0.15) is 31.7 Å². The summed E-state index contributed by atoms with van der Waals surface area (Å²) in [5.41, 5.74) is 6.32. The molecule has 9 N–H and O–H groups in total. The predicted molar refractivity (Wildman–Crippen MR) is 135 cm³/mol. The Bertz CT molecular complexity index is 943. The maximum absolute atomic E-state index is 13.0. The molecule has 0 aliphatic carbocycles. The van der Waals surface area contributed by atoms with Crippen molar-refractivity contribution in [2.75, 3.05) is 12.0 Å². The van der Waals surface area contributed by atoms with Crippen LogP contribution in [0.5, 0.6) is 5.75 Å². The zero-order valence-corrected chi connectivity index (χ0v) is 21.4. The Morgan fingerprint density at radius 2 is 1.51 bits per heavy atom. The molecule has 0 heterocycles. The second kappa shape index (κ2) is 15.7.